The molecule has 9 heteroatoms. The summed E-state index contributed by atoms with van der Waals surface area (Å²) in [7, 11) is -2.90. The maximum Gasteiger partial charge on any atom is 0.344 e. The van der Waals surface area contributed by atoms with Crippen LogP contribution in [0.3, 0.4) is 0 Å². The lowest BCUT2D eigenvalue weighted by Crippen LogP contribution is -2.17. The zero-order chi connectivity index (χ0) is 14.8. The molecule has 7 nitrogen and oxygen atoms in total. The number of hydrogen-bond acceptors (Lipinski definition) is 8. The monoisotopic (exact) mass is 319 g/mol. The van der Waals surface area contributed by atoms with E-state index in [4.69, 9.17) is 10.5 Å². The van der Waals surface area contributed by atoms with Gasteiger partial charge in [0.2, 0.25) is 0 Å². The van der Waals surface area contributed by atoms with E-state index in [2.05, 4.69) is 9.69 Å². The minimum Gasteiger partial charge on any atom is -0.462 e. The predicted octanol–water partition coefficient (Wildman–Crippen LogP) is 0.749. The van der Waals surface area contributed by atoms with Crippen LogP contribution in [0.1, 0.15) is 23.7 Å². The van der Waals surface area contributed by atoms with Crippen LogP contribution in [0.25, 0.3) is 0 Å². The van der Waals surface area contributed by atoms with E-state index in [1.807, 2.05) is 0 Å². The van der Waals surface area contributed by atoms with Crippen LogP contribution in [0.15, 0.2) is 0 Å². The van der Waals surface area contributed by atoms with Gasteiger partial charge < -0.3 is 15.8 Å². The van der Waals surface area contributed by atoms with Crippen LogP contribution in [0.4, 0.5) is 10.8 Å². The zero-order valence-electron chi connectivity index (χ0n) is 11.1. The Hall–Kier alpha value is -1.35. The Morgan fingerprint density at radius 3 is 2.95 bits per heavy atom. The van der Waals surface area contributed by atoms with E-state index >= 15 is 0 Å². The average Bonchev–Trinajstić information content (AvgIpc) is 2.90. The number of ether oxygens (including phenoxy) is 1. The molecule has 1 aliphatic rings. The lowest BCUT2D eigenvalue weighted by molar-refractivity contribution is 0.0529. The number of nitrogens with two attached hydrogens (primary N) is 1. The van der Waals surface area contributed by atoms with Crippen LogP contribution in [0, 0.1) is 5.92 Å². The Bertz CT molecular complexity index is 597. The van der Waals surface area contributed by atoms with Crippen LogP contribution in [-0.4, -0.2) is 43.4 Å². The zero-order valence-corrected chi connectivity index (χ0v) is 12.7. The minimum atomic E-state index is -2.90. The Morgan fingerprint density at radius 1 is 1.60 bits per heavy atom. The maximum atomic E-state index is 11.8. The van der Waals surface area contributed by atoms with Crippen LogP contribution < -0.4 is 11.1 Å². The second-order valence-corrected chi connectivity index (χ2v) is 7.64. The molecule has 1 saturated heterocycles. The van der Waals surface area contributed by atoms with Gasteiger partial charge in [0.05, 0.1) is 18.1 Å². The highest BCUT2D eigenvalue weighted by atomic mass is 32.2. The Labute approximate surface area is 121 Å². The molecule has 0 aromatic carbocycles. The molecular formula is C11H17N3O4S2. The molecule has 1 unspecified atom stereocenters. The third-order valence-corrected chi connectivity index (χ3v) is 5.73. The van der Waals surface area contributed by atoms with E-state index in [9.17, 15) is 13.2 Å². The molecular weight excluding hydrogens is 302 g/mol. The summed E-state index contributed by atoms with van der Waals surface area (Å²) in [6, 6.07) is 0. The van der Waals surface area contributed by atoms with Crippen molar-refractivity contribution in [3.8, 4) is 0 Å². The van der Waals surface area contributed by atoms with Gasteiger partial charge in [-0.05, 0) is 30.8 Å². The largest absolute Gasteiger partial charge is 0.462 e. The molecule has 112 valence electrons. The van der Waals surface area contributed by atoms with Crippen molar-refractivity contribution in [2.45, 2.75) is 13.3 Å². The number of rotatable bonds is 5. The van der Waals surface area contributed by atoms with Crippen molar-refractivity contribution in [3.63, 3.8) is 0 Å². The van der Waals surface area contributed by atoms with Gasteiger partial charge in [-0.1, -0.05) is 0 Å². The Kier molecular flexibility index (Phi) is 4.48. The van der Waals surface area contributed by atoms with Gasteiger partial charge in [0, 0.05) is 6.54 Å². The summed E-state index contributed by atoms with van der Waals surface area (Å²) in [6.45, 7) is 2.45. The number of aromatic nitrogens is 1. The van der Waals surface area contributed by atoms with Crippen molar-refractivity contribution in [1.82, 2.24) is 4.37 Å². The standard InChI is InChI=1S/C11H17N3O4S2/c1-2-18-11(15)8-9(12)14-19-10(8)13-5-7-3-4-20(16,17)6-7/h7,13H,2-6H2,1H3,(H2,12,14). The summed E-state index contributed by atoms with van der Waals surface area (Å²) in [4.78, 5) is 11.8. The molecule has 20 heavy (non-hydrogen) atoms. The molecule has 1 fully saturated rings. The fraction of sp³-hybridized carbons (Fsp3) is 0.636. The van der Waals surface area contributed by atoms with Gasteiger partial charge in [-0.3, -0.25) is 0 Å². The van der Waals surface area contributed by atoms with E-state index in [0.717, 1.165) is 11.5 Å². The molecule has 2 rings (SSSR count). The summed E-state index contributed by atoms with van der Waals surface area (Å²) in [6.07, 6.45) is 0.637. The van der Waals surface area contributed by atoms with Gasteiger partial charge in [-0.25, -0.2) is 13.2 Å². The molecule has 0 spiro atoms. The summed E-state index contributed by atoms with van der Waals surface area (Å²) >= 11 is 1.08. The molecule has 0 radical (unpaired) electrons. The highest BCUT2D eigenvalue weighted by Crippen LogP contribution is 2.28. The molecule has 0 saturated carbocycles. The van der Waals surface area contributed by atoms with Gasteiger partial charge in [0.15, 0.2) is 15.7 Å². The Morgan fingerprint density at radius 2 is 2.35 bits per heavy atom. The predicted molar refractivity (Wildman–Crippen MR) is 77.7 cm³/mol. The van der Waals surface area contributed by atoms with Crippen molar-refractivity contribution < 1.29 is 17.9 Å². The number of hydrogen-bond donors (Lipinski definition) is 2. The van der Waals surface area contributed by atoms with Gasteiger partial charge >= 0.3 is 5.97 Å². The van der Waals surface area contributed by atoms with E-state index < -0.39 is 15.8 Å². The summed E-state index contributed by atoms with van der Waals surface area (Å²) in [5.74, 6) is 0.0893. The minimum absolute atomic E-state index is 0.0540. The number of nitrogen functional groups attached to an aromatic ring is 1. The first-order valence-corrected chi connectivity index (χ1v) is 8.89. The number of esters is 1. The first-order chi connectivity index (χ1) is 9.43. The van der Waals surface area contributed by atoms with Gasteiger partial charge in [0.25, 0.3) is 0 Å². The van der Waals surface area contributed by atoms with Crippen molar-refractivity contribution >= 4 is 38.2 Å². The van der Waals surface area contributed by atoms with Crippen molar-refractivity contribution in [2.75, 3.05) is 35.7 Å². The first-order valence-electron chi connectivity index (χ1n) is 6.29. The second kappa shape index (κ2) is 5.96. The topological polar surface area (TPSA) is 111 Å². The maximum absolute atomic E-state index is 11.8. The lowest BCUT2D eigenvalue weighted by atomic mass is 10.1. The van der Waals surface area contributed by atoms with Gasteiger partial charge in [-0.15, -0.1) is 0 Å². The van der Waals surface area contributed by atoms with Gasteiger partial charge in [0.1, 0.15) is 10.6 Å². The number of carbonyl (C=O) groups is 1. The fourth-order valence-corrected chi connectivity index (χ4v) is 4.66. The summed E-state index contributed by atoms with van der Waals surface area (Å²) < 4.78 is 31.6. The average molecular weight is 319 g/mol. The van der Waals surface area contributed by atoms with Crippen molar-refractivity contribution in [3.05, 3.63) is 5.56 Å². The normalized spacial score (nSPS) is 20.8. The highest BCUT2D eigenvalue weighted by Gasteiger charge is 2.28. The third-order valence-electron chi connectivity index (χ3n) is 3.08. The fourth-order valence-electron chi connectivity index (χ4n) is 2.09. The van der Waals surface area contributed by atoms with E-state index in [1.54, 1.807) is 6.92 Å². The molecule has 1 atom stereocenters. The van der Waals surface area contributed by atoms with Crippen molar-refractivity contribution in [2.24, 2.45) is 5.92 Å². The number of carbonyl (C=O) groups excluding carboxylic acids is 1. The molecule has 2 heterocycles. The van der Waals surface area contributed by atoms with Crippen molar-refractivity contribution in [1.29, 1.82) is 0 Å². The van der Waals surface area contributed by atoms with E-state index in [1.165, 1.54) is 0 Å². The van der Waals surface area contributed by atoms with E-state index in [-0.39, 0.29) is 35.4 Å². The van der Waals surface area contributed by atoms with Crippen LogP contribution >= 0.6 is 11.5 Å². The molecule has 1 aliphatic heterocycles. The van der Waals surface area contributed by atoms with Gasteiger partial charge in [-0.2, -0.15) is 4.37 Å². The highest BCUT2D eigenvalue weighted by molar-refractivity contribution is 7.91. The smallest absolute Gasteiger partial charge is 0.344 e. The summed E-state index contributed by atoms with van der Waals surface area (Å²) in [5.41, 5.74) is 5.90. The second-order valence-electron chi connectivity index (χ2n) is 4.64. The summed E-state index contributed by atoms with van der Waals surface area (Å²) in [5, 5.41) is 3.60. The van der Waals surface area contributed by atoms with E-state index in [0.29, 0.717) is 18.0 Å². The number of anilines is 2. The molecule has 0 aliphatic carbocycles. The molecule has 1 aromatic heterocycles. The SMILES string of the molecule is CCOC(=O)c1c(N)nsc1NCC1CCS(=O)(=O)C1. The molecule has 0 bridgehead atoms. The Balaban J connectivity index is 2.02. The molecule has 0 amide bonds. The van der Waals surface area contributed by atoms with Crippen LogP contribution in [0.5, 0.6) is 0 Å². The third kappa shape index (κ3) is 3.40. The lowest BCUT2D eigenvalue weighted by Gasteiger charge is -2.10. The first kappa shape index (κ1) is 15.0. The number of nitrogens with zero attached hydrogens (tertiary/aromatic N) is 1. The van der Waals surface area contributed by atoms with Crippen LogP contribution in [-0.2, 0) is 14.6 Å². The quantitative estimate of drug-likeness (QED) is 0.770. The van der Waals surface area contributed by atoms with Crippen LogP contribution in [0.2, 0.25) is 0 Å². The molecule has 3 N–H and O–H groups in total. The molecule has 1 aromatic rings. The number of nitrogens with one attached hydrogen (secondary N) is 1. The number of sulfone groups is 1.